The first-order chi connectivity index (χ1) is 9.04. The van der Waals surface area contributed by atoms with Crippen LogP contribution in [0.15, 0.2) is 34.9 Å². The van der Waals surface area contributed by atoms with Gasteiger partial charge in [0.05, 0.1) is 11.7 Å². The third-order valence-electron chi connectivity index (χ3n) is 2.93. The Hall–Kier alpha value is -1.24. The van der Waals surface area contributed by atoms with E-state index in [1.165, 1.54) is 6.07 Å². The maximum absolute atomic E-state index is 14.1. The lowest BCUT2D eigenvalue weighted by atomic mass is 10.0. The fourth-order valence-corrected chi connectivity index (χ4v) is 2.39. The quantitative estimate of drug-likeness (QED) is 0.671. The lowest BCUT2D eigenvalue weighted by Gasteiger charge is -2.20. The summed E-state index contributed by atoms with van der Waals surface area (Å²) in [5, 5.41) is 4.25. The van der Waals surface area contributed by atoms with Crippen molar-refractivity contribution < 1.29 is 4.39 Å². The number of aromatic nitrogens is 2. The molecule has 1 aromatic heterocycles. The highest BCUT2D eigenvalue weighted by Crippen LogP contribution is 2.27. The molecule has 102 valence electrons. The highest BCUT2D eigenvalue weighted by molar-refractivity contribution is 9.10. The highest BCUT2D eigenvalue weighted by Gasteiger charge is 2.21. The zero-order chi connectivity index (χ0) is 14.0. The smallest absolute Gasteiger partial charge is 0.129 e. The lowest BCUT2D eigenvalue weighted by molar-refractivity contribution is 0.467. The third-order valence-corrected chi connectivity index (χ3v) is 3.42. The van der Waals surface area contributed by atoms with Gasteiger partial charge in [-0.15, -0.1) is 0 Å². The molecule has 1 heterocycles. The van der Waals surface area contributed by atoms with Gasteiger partial charge < -0.3 is 0 Å². The molecule has 0 fully saturated rings. The minimum Gasteiger partial charge on any atom is -0.271 e. The second-order valence-corrected chi connectivity index (χ2v) is 5.48. The van der Waals surface area contributed by atoms with Crippen LogP contribution in [0.4, 0.5) is 4.39 Å². The lowest BCUT2D eigenvalue weighted by Crippen LogP contribution is -2.31. The Morgan fingerprint density at radius 3 is 2.68 bits per heavy atom. The predicted molar refractivity (Wildman–Crippen MR) is 75.9 cm³/mol. The Balaban J connectivity index is 2.47. The second-order valence-electron chi connectivity index (χ2n) is 4.56. The summed E-state index contributed by atoms with van der Waals surface area (Å²) in [4.78, 5) is 0. The van der Waals surface area contributed by atoms with E-state index in [1.807, 2.05) is 24.6 Å². The van der Waals surface area contributed by atoms with E-state index < -0.39 is 6.04 Å². The average molecular weight is 327 g/mol. The summed E-state index contributed by atoms with van der Waals surface area (Å²) in [6.07, 6.45) is 1.69. The van der Waals surface area contributed by atoms with Gasteiger partial charge in [0.2, 0.25) is 0 Å². The number of rotatable bonds is 4. The van der Waals surface area contributed by atoms with E-state index in [9.17, 15) is 4.39 Å². The summed E-state index contributed by atoms with van der Waals surface area (Å²) >= 11 is 3.24. The number of nitrogens with two attached hydrogens (primary N) is 1. The van der Waals surface area contributed by atoms with Crippen LogP contribution in [0.2, 0.25) is 0 Å². The Labute approximate surface area is 119 Å². The summed E-state index contributed by atoms with van der Waals surface area (Å²) in [6.45, 7) is 4.03. The average Bonchev–Trinajstić information content (AvgIpc) is 2.82. The minimum absolute atomic E-state index is 0.180. The number of hydrogen-bond acceptors (Lipinski definition) is 3. The number of halogens is 2. The Bertz CT molecular complexity index is 568. The molecule has 2 aromatic rings. The normalized spacial score (nSPS) is 12.9. The SMILES string of the molecule is CC(C)n1nccc1C(NN)c1ccc(Br)cc1F. The molecule has 1 atom stereocenters. The first kappa shape index (κ1) is 14.2. The van der Waals surface area contributed by atoms with Crippen molar-refractivity contribution in [2.75, 3.05) is 0 Å². The molecule has 1 aromatic carbocycles. The summed E-state index contributed by atoms with van der Waals surface area (Å²) in [5.74, 6) is 5.29. The van der Waals surface area contributed by atoms with E-state index in [2.05, 4.69) is 26.5 Å². The zero-order valence-electron chi connectivity index (χ0n) is 10.8. The molecule has 2 rings (SSSR count). The predicted octanol–water partition coefficient (Wildman–Crippen LogP) is 2.92. The fraction of sp³-hybridized carbons (Fsp3) is 0.308. The Kier molecular flexibility index (Phi) is 4.34. The Morgan fingerprint density at radius 2 is 2.11 bits per heavy atom. The van der Waals surface area contributed by atoms with E-state index in [-0.39, 0.29) is 11.9 Å². The van der Waals surface area contributed by atoms with Crippen LogP contribution < -0.4 is 11.3 Å². The van der Waals surface area contributed by atoms with Gasteiger partial charge in [0.15, 0.2) is 0 Å². The van der Waals surface area contributed by atoms with Crippen LogP contribution >= 0.6 is 15.9 Å². The number of hydrazine groups is 1. The number of benzene rings is 1. The molecule has 4 nitrogen and oxygen atoms in total. The van der Waals surface area contributed by atoms with Crippen molar-refractivity contribution in [2.24, 2.45) is 5.84 Å². The summed E-state index contributed by atoms with van der Waals surface area (Å²) in [6, 6.07) is 6.51. The molecule has 0 aliphatic carbocycles. The molecule has 0 saturated heterocycles. The molecule has 0 amide bonds. The molecule has 0 bridgehead atoms. The van der Waals surface area contributed by atoms with Crippen molar-refractivity contribution in [1.82, 2.24) is 15.2 Å². The van der Waals surface area contributed by atoms with Gasteiger partial charge in [-0.3, -0.25) is 10.5 Å². The van der Waals surface area contributed by atoms with Crippen LogP contribution in [0.3, 0.4) is 0 Å². The molecule has 0 saturated carbocycles. The van der Waals surface area contributed by atoms with Crippen LogP contribution in [0.1, 0.15) is 37.2 Å². The number of hydrogen-bond donors (Lipinski definition) is 2. The molecule has 0 aliphatic rings. The van der Waals surface area contributed by atoms with E-state index in [0.717, 1.165) is 5.69 Å². The topological polar surface area (TPSA) is 55.9 Å². The zero-order valence-corrected chi connectivity index (χ0v) is 12.4. The van der Waals surface area contributed by atoms with Gasteiger partial charge in [-0.25, -0.2) is 9.82 Å². The molecular formula is C13H16BrFN4. The van der Waals surface area contributed by atoms with Crippen LogP contribution in [0.5, 0.6) is 0 Å². The summed E-state index contributed by atoms with van der Waals surface area (Å²) in [7, 11) is 0. The summed E-state index contributed by atoms with van der Waals surface area (Å²) in [5.41, 5.74) is 3.99. The van der Waals surface area contributed by atoms with Crippen molar-refractivity contribution in [3.63, 3.8) is 0 Å². The highest BCUT2D eigenvalue weighted by atomic mass is 79.9. The van der Waals surface area contributed by atoms with E-state index in [4.69, 9.17) is 5.84 Å². The van der Waals surface area contributed by atoms with Gasteiger partial charge in [0.25, 0.3) is 0 Å². The van der Waals surface area contributed by atoms with E-state index in [0.29, 0.717) is 10.0 Å². The Morgan fingerprint density at radius 1 is 1.37 bits per heavy atom. The minimum atomic E-state index is -0.432. The number of nitrogens with one attached hydrogen (secondary N) is 1. The molecular weight excluding hydrogens is 311 g/mol. The maximum Gasteiger partial charge on any atom is 0.129 e. The maximum atomic E-state index is 14.1. The fourth-order valence-electron chi connectivity index (χ4n) is 2.05. The molecule has 1 unspecified atom stereocenters. The standard InChI is InChI=1S/C13H16BrFN4/c1-8(2)19-12(5-6-17-19)13(18-16)10-4-3-9(14)7-11(10)15/h3-8,13,18H,16H2,1-2H3. The van der Waals surface area contributed by atoms with Gasteiger partial charge >= 0.3 is 0 Å². The first-order valence-corrected chi connectivity index (χ1v) is 6.78. The molecule has 0 aliphatic heterocycles. The number of nitrogens with zero attached hydrogens (tertiary/aromatic N) is 2. The molecule has 3 N–H and O–H groups in total. The van der Waals surface area contributed by atoms with Crippen molar-refractivity contribution >= 4 is 15.9 Å². The monoisotopic (exact) mass is 326 g/mol. The van der Waals surface area contributed by atoms with E-state index in [1.54, 1.807) is 18.3 Å². The van der Waals surface area contributed by atoms with Crippen LogP contribution in [-0.2, 0) is 0 Å². The van der Waals surface area contributed by atoms with Crippen LogP contribution in [-0.4, -0.2) is 9.78 Å². The van der Waals surface area contributed by atoms with Crippen molar-refractivity contribution in [3.8, 4) is 0 Å². The van der Waals surface area contributed by atoms with Gasteiger partial charge in [-0.05, 0) is 32.0 Å². The van der Waals surface area contributed by atoms with Gasteiger partial charge in [-0.2, -0.15) is 5.10 Å². The van der Waals surface area contributed by atoms with E-state index >= 15 is 0 Å². The molecule has 0 radical (unpaired) electrons. The van der Waals surface area contributed by atoms with Gasteiger partial charge in [0, 0.05) is 22.3 Å². The van der Waals surface area contributed by atoms with Crippen LogP contribution in [0, 0.1) is 5.82 Å². The molecule has 6 heteroatoms. The van der Waals surface area contributed by atoms with Gasteiger partial charge in [-0.1, -0.05) is 22.0 Å². The van der Waals surface area contributed by atoms with Crippen molar-refractivity contribution in [2.45, 2.75) is 25.9 Å². The third kappa shape index (κ3) is 2.86. The molecule has 0 spiro atoms. The largest absolute Gasteiger partial charge is 0.271 e. The van der Waals surface area contributed by atoms with Crippen molar-refractivity contribution in [1.29, 1.82) is 0 Å². The van der Waals surface area contributed by atoms with Crippen LogP contribution in [0.25, 0.3) is 0 Å². The summed E-state index contributed by atoms with van der Waals surface area (Å²) < 4.78 is 16.6. The van der Waals surface area contributed by atoms with Crippen molar-refractivity contribution in [3.05, 3.63) is 52.0 Å². The molecule has 19 heavy (non-hydrogen) atoms. The second kappa shape index (κ2) is 5.81. The first-order valence-electron chi connectivity index (χ1n) is 5.99. The van der Waals surface area contributed by atoms with Gasteiger partial charge in [0.1, 0.15) is 5.82 Å².